The fourth-order valence-electron chi connectivity index (χ4n) is 2.18. The molecule has 1 aromatic carbocycles. The number of anilines is 1. The van der Waals surface area contributed by atoms with Crippen molar-refractivity contribution in [2.75, 3.05) is 5.32 Å². The van der Waals surface area contributed by atoms with Gasteiger partial charge < -0.3 is 11.1 Å². The first-order valence-electron chi connectivity index (χ1n) is 5.59. The highest BCUT2D eigenvalue weighted by Gasteiger charge is 2.30. The number of carbonyl (C=O) groups excluding carboxylic acids is 1. The second kappa shape index (κ2) is 5.25. The summed E-state index contributed by atoms with van der Waals surface area (Å²) in [5.74, 6) is -0.152. The Morgan fingerprint density at radius 2 is 1.88 bits per heavy atom. The van der Waals surface area contributed by atoms with Crippen LogP contribution < -0.4 is 11.1 Å². The summed E-state index contributed by atoms with van der Waals surface area (Å²) in [5.41, 5.74) is 6.50. The van der Waals surface area contributed by atoms with E-state index in [1.54, 1.807) is 18.2 Å². The van der Waals surface area contributed by atoms with Crippen molar-refractivity contribution >= 4 is 34.8 Å². The van der Waals surface area contributed by atoms with E-state index in [0.717, 1.165) is 19.3 Å². The summed E-state index contributed by atoms with van der Waals surface area (Å²) in [6.07, 6.45) is 2.77. The highest BCUT2D eigenvalue weighted by atomic mass is 35.5. The van der Waals surface area contributed by atoms with E-state index in [4.69, 9.17) is 28.9 Å². The van der Waals surface area contributed by atoms with E-state index >= 15 is 0 Å². The molecule has 2 rings (SSSR count). The maximum absolute atomic E-state index is 12.0. The van der Waals surface area contributed by atoms with Gasteiger partial charge in [-0.25, -0.2) is 0 Å². The summed E-state index contributed by atoms with van der Waals surface area (Å²) < 4.78 is 0. The molecule has 0 radical (unpaired) electrons. The number of rotatable bonds is 2. The van der Waals surface area contributed by atoms with Crippen molar-refractivity contribution in [1.29, 1.82) is 0 Å². The molecule has 1 saturated carbocycles. The minimum Gasteiger partial charge on any atom is -0.327 e. The van der Waals surface area contributed by atoms with Crippen LogP contribution in [0.4, 0.5) is 5.69 Å². The number of nitrogens with one attached hydrogen (secondary N) is 1. The van der Waals surface area contributed by atoms with Gasteiger partial charge in [-0.05, 0) is 31.0 Å². The fourth-order valence-corrected chi connectivity index (χ4v) is 2.70. The average molecular weight is 273 g/mol. The van der Waals surface area contributed by atoms with Gasteiger partial charge in [-0.15, -0.1) is 0 Å². The van der Waals surface area contributed by atoms with Gasteiger partial charge in [-0.1, -0.05) is 29.6 Å². The third-order valence-electron chi connectivity index (χ3n) is 3.04. The van der Waals surface area contributed by atoms with Crippen molar-refractivity contribution in [1.82, 2.24) is 0 Å². The lowest BCUT2D eigenvalue weighted by atomic mass is 10.0. The number of amides is 1. The summed E-state index contributed by atoms with van der Waals surface area (Å²) >= 11 is 11.7. The van der Waals surface area contributed by atoms with Gasteiger partial charge in [-0.3, -0.25) is 4.79 Å². The third kappa shape index (κ3) is 3.12. The lowest BCUT2D eigenvalue weighted by Crippen LogP contribution is -2.34. The van der Waals surface area contributed by atoms with Crippen LogP contribution >= 0.6 is 23.2 Å². The topological polar surface area (TPSA) is 55.1 Å². The second-order valence-electron chi connectivity index (χ2n) is 4.35. The molecule has 0 aromatic heterocycles. The van der Waals surface area contributed by atoms with Gasteiger partial charge in [0.2, 0.25) is 5.91 Å². The standard InChI is InChI=1S/C12H14Cl2N2O/c13-7-4-8(14)6-9(5-7)16-12(17)10-2-1-3-11(10)15/h4-6,10-11H,1-3,15H2,(H,16,17). The molecule has 0 heterocycles. The molecular formula is C12H14Cl2N2O. The smallest absolute Gasteiger partial charge is 0.229 e. The zero-order valence-corrected chi connectivity index (χ0v) is 10.8. The molecule has 0 saturated heterocycles. The van der Waals surface area contributed by atoms with E-state index in [9.17, 15) is 4.79 Å². The van der Waals surface area contributed by atoms with E-state index in [1.807, 2.05) is 0 Å². The predicted molar refractivity (Wildman–Crippen MR) is 70.4 cm³/mol. The summed E-state index contributed by atoms with van der Waals surface area (Å²) in [6, 6.07) is 4.93. The Morgan fingerprint density at radius 3 is 2.41 bits per heavy atom. The number of carbonyl (C=O) groups is 1. The number of hydrogen-bond donors (Lipinski definition) is 2. The molecule has 1 aliphatic rings. The lowest BCUT2D eigenvalue weighted by Gasteiger charge is -2.15. The first-order chi connectivity index (χ1) is 8.06. The lowest BCUT2D eigenvalue weighted by molar-refractivity contribution is -0.120. The minimum atomic E-state index is -0.104. The Morgan fingerprint density at radius 1 is 1.24 bits per heavy atom. The number of benzene rings is 1. The SMILES string of the molecule is NC1CCCC1C(=O)Nc1cc(Cl)cc(Cl)c1. The van der Waals surface area contributed by atoms with Crippen molar-refractivity contribution in [2.24, 2.45) is 11.7 Å². The fraction of sp³-hybridized carbons (Fsp3) is 0.417. The van der Waals surface area contributed by atoms with Crippen LogP contribution in [0.5, 0.6) is 0 Å². The predicted octanol–water partition coefficient (Wildman–Crippen LogP) is 3.06. The van der Waals surface area contributed by atoms with Crippen LogP contribution in [0.25, 0.3) is 0 Å². The summed E-state index contributed by atoms with van der Waals surface area (Å²) in [6.45, 7) is 0. The van der Waals surface area contributed by atoms with E-state index in [2.05, 4.69) is 5.32 Å². The molecule has 1 fully saturated rings. The Hall–Kier alpha value is -0.770. The van der Waals surface area contributed by atoms with E-state index in [1.165, 1.54) is 0 Å². The molecule has 92 valence electrons. The molecule has 0 aliphatic heterocycles. The van der Waals surface area contributed by atoms with Crippen LogP contribution in [0.15, 0.2) is 18.2 Å². The van der Waals surface area contributed by atoms with Gasteiger partial charge >= 0.3 is 0 Å². The number of nitrogens with two attached hydrogens (primary N) is 1. The Labute approximate surface area is 110 Å². The van der Waals surface area contributed by atoms with Crippen molar-refractivity contribution in [3.05, 3.63) is 28.2 Å². The molecule has 2 atom stereocenters. The van der Waals surface area contributed by atoms with Gasteiger partial charge in [0, 0.05) is 21.8 Å². The van der Waals surface area contributed by atoms with Gasteiger partial charge in [0.25, 0.3) is 0 Å². The first kappa shape index (κ1) is 12.7. The summed E-state index contributed by atoms with van der Waals surface area (Å²) in [7, 11) is 0. The maximum atomic E-state index is 12.0. The van der Waals surface area contributed by atoms with Gasteiger partial charge in [0.1, 0.15) is 0 Å². The summed E-state index contributed by atoms with van der Waals surface area (Å²) in [5, 5.41) is 3.81. The molecule has 17 heavy (non-hydrogen) atoms. The molecule has 1 aliphatic carbocycles. The number of halogens is 2. The van der Waals surface area contributed by atoms with Crippen molar-refractivity contribution in [2.45, 2.75) is 25.3 Å². The molecule has 0 bridgehead atoms. The summed E-state index contributed by atoms with van der Waals surface area (Å²) in [4.78, 5) is 12.0. The van der Waals surface area contributed by atoms with Crippen LogP contribution in [-0.4, -0.2) is 11.9 Å². The molecule has 2 unspecified atom stereocenters. The Kier molecular flexibility index (Phi) is 3.92. The van der Waals surface area contributed by atoms with Crippen LogP contribution in [0.3, 0.4) is 0 Å². The molecule has 1 amide bonds. The minimum absolute atomic E-state index is 0.0374. The zero-order valence-electron chi connectivity index (χ0n) is 9.25. The van der Waals surface area contributed by atoms with Gasteiger partial charge in [0.05, 0.1) is 5.92 Å². The Bertz CT molecular complexity index is 416. The maximum Gasteiger partial charge on any atom is 0.229 e. The van der Waals surface area contributed by atoms with E-state index in [-0.39, 0.29) is 17.9 Å². The highest BCUT2D eigenvalue weighted by Crippen LogP contribution is 2.27. The second-order valence-corrected chi connectivity index (χ2v) is 5.22. The molecule has 3 nitrogen and oxygen atoms in total. The van der Waals surface area contributed by atoms with Crippen molar-refractivity contribution < 1.29 is 4.79 Å². The van der Waals surface area contributed by atoms with Crippen molar-refractivity contribution in [3.8, 4) is 0 Å². The van der Waals surface area contributed by atoms with Crippen LogP contribution in [0.2, 0.25) is 10.0 Å². The zero-order chi connectivity index (χ0) is 12.4. The van der Waals surface area contributed by atoms with Crippen LogP contribution in [-0.2, 0) is 4.79 Å². The largest absolute Gasteiger partial charge is 0.327 e. The van der Waals surface area contributed by atoms with Crippen LogP contribution in [0, 0.1) is 5.92 Å². The quantitative estimate of drug-likeness (QED) is 0.870. The van der Waals surface area contributed by atoms with E-state index < -0.39 is 0 Å². The molecule has 1 aromatic rings. The Balaban J connectivity index is 2.07. The third-order valence-corrected chi connectivity index (χ3v) is 3.47. The first-order valence-corrected chi connectivity index (χ1v) is 6.34. The molecule has 0 spiro atoms. The van der Waals surface area contributed by atoms with Crippen LogP contribution in [0.1, 0.15) is 19.3 Å². The highest BCUT2D eigenvalue weighted by molar-refractivity contribution is 6.35. The van der Waals surface area contributed by atoms with Gasteiger partial charge in [0.15, 0.2) is 0 Å². The van der Waals surface area contributed by atoms with Crippen molar-refractivity contribution in [3.63, 3.8) is 0 Å². The number of hydrogen-bond acceptors (Lipinski definition) is 2. The molecule has 5 heteroatoms. The van der Waals surface area contributed by atoms with E-state index in [0.29, 0.717) is 15.7 Å². The molecule has 3 N–H and O–H groups in total. The van der Waals surface area contributed by atoms with Gasteiger partial charge in [-0.2, -0.15) is 0 Å². The molecular weight excluding hydrogens is 259 g/mol. The normalized spacial score (nSPS) is 23.7. The average Bonchev–Trinajstić information content (AvgIpc) is 2.62. The monoisotopic (exact) mass is 272 g/mol.